The summed E-state index contributed by atoms with van der Waals surface area (Å²) in [6, 6.07) is 5.01. The molecule has 1 aromatic carbocycles. The first kappa shape index (κ1) is 17.6. The zero-order valence-electron chi connectivity index (χ0n) is 12.4. The molecule has 23 heavy (non-hydrogen) atoms. The number of benzene rings is 1. The maximum Gasteiger partial charge on any atom is 0.232 e. The summed E-state index contributed by atoms with van der Waals surface area (Å²) in [6.07, 6.45) is 1.38. The molecular weight excluding hydrogens is 361 g/mol. The zero-order valence-corrected chi connectivity index (χ0v) is 14.7. The molecule has 0 amide bonds. The first-order chi connectivity index (χ1) is 10.8. The number of nitrogens with one attached hydrogen (secondary N) is 3. The molecule has 0 unspecified atom stereocenters. The van der Waals surface area contributed by atoms with Gasteiger partial charge in [-0.05, 0) is 25.1 Å². The van der Waals surface area contributed by atoms with Crippen molar-refractivity contribution in [2.75, 3.05) is 28.2 Å². The molecule has 2 aromatic rings. The molecular formula is C13H15Cl2N5O2S. The van der Waals surface area contributed by atoms with Crippen LogP contribution in [0.5, 0.6) is 0 Å². The number of rotatable bonds is 6. The molecule has 0 atom stereocenters. The molecule has 0 aliphatic carbocycles. The third-order valence-electron chi connectivity index (χ3n) is 2.85. The third-order valence-corrected chi connectivity index (χ3v) is 4.88. The van der Waals surface area contributed by atoms with E-state index in [0.29, 0.717) is 21.6 Å². The summed E-state index contributed by atoms with van der Waals surface area (Å²) in [5, 5.41) is 6.64. The van der Waals surface area contributed by atoms with Crippen LogP contribution in [0.2, 0.25) is 10.0 Å². The summed E-state index contributed by atoms with van der Waals surface area (Å²) < 4.78 is 25.7. The third kappa shape index (κ3) is 4.60. The van der Waals surface area contributed by atoms with E-state index in [-0.39, 0.29) is 17.4 Å². The van der Waals surface area contributed by atoms with E-state index in [2.05, 4.69) is 25.3 Å². The summed E-state index contributed by atoms with van der Waals surface area (Å²) in [7, 11) is -1.78. The van der Waals surface area contributed by atoms with Gasteiger partial charge in [0.15, 0.2) is 5.82 Å². The van der Waals surface area contributed by atoms with Crippen LogP contribution in [0.15, 0.2) is 24.4 Å². The Bertz CT molecular complexity index is 814. The SMILES string of the molecule is CCS(=O)(=O)Nc1cnc(Nc2ccc(Cl)c(Cl)c2)nc1NC. The van der Waals surface area contributed by atoms with Gasteiger partial charge in [0.05, 0.1) is 22.0 Å². The summed E-state index contributed by atoms with van der Waals surface area (Å²) in [6.45, 7) is 1.54. The lowest BCUT2D eigenvalue weighted by Crippen LogP contribution is -2.16. The van der Waals surface area contributed by atoms with E-state index >= 15 is 0 Å². The van der Waals surface area contributed by atoms with Gasteiger partial charge in [-0.2, -0.15) is 4.98 Å². The lowest BCUT2D eigenvalue weighted by molar-refractivity contribution is 0.602. The fourth-order valence-electron chi connectivity index (χ4n) is 1.65. The molecule has 1 aromatic heterocycles. The van der Waals surface area contributed by atoms with E-state index < -0.39 is 10.0 Å². The number of halogens is 2. The van der Waals surface area contributed by atoms with Gasteiger partial charge in [-0.15, -0.1) is 0 Å². The van der Waals surface area contributed by atoms with Crippen LogP contribution >= 0.6 is 23.2 Å². The molecule has 0 aliphatic rings. The van der Waals surface area contributed by atoms with E-state index in [9.17, 15) is 8.42 Å². The average Bonchev–Trinajstić information content (AvgIpc) is 2.52. The van der Waals surface area contributed by atoms with Crippen LogP contribution in [-0.2, 0) is 10.0 Å². The number of sulfonamides is 1. The summed E-state index contributed by atoms with van der Waals surface area (Å²) in [5.74, 6) is 0.589. The maximum absolute atomic E-state index is 11.6. The molecule has 0 bridgehead atoms. The number of aromatic nitrogens is 2. The second kappa shape index (κ2) is 7.20. The molecule has 10 heteroatoms. The van der Waals surface area contributed by atoms with E-state index in [1.807, 2.05) is 0 Å². The number of nitrogens with zero attached hydrogens (tertiary/aromatic N) is 2. The monoisotopic (exact) mass is 375 g/mol. The van der Waals surface area contributed by atoms with Gasteiger partial charge < -0.3 is 10.6 Å². The first-order valence-electron chi connectivity index (χ1n) is 6.62. The van der Waals surface area contributed by atoms with Crippen molar-refractivity contribution < 1.29 is 8.42 Å². The lowest BCUT2D eigenvalue weighted by atomic mass is 10.3. The van der Waals surface area contributed by atoms with E-state index in [1.54, 1.807) is 32.2 Å². The molecule has 0 saturated carbocycles. The van der Waals surface area contributed by atoms with Gasteiger partial charge in [0.25, 0.3) is 0 Å². The summed E-state index contributed by atoms with van der Waals surface area (Å²) >= 11 is 11.8. The second-order valence-electron chi connectivity index (χ2n) is 4.47. The molecule has 0 aliphatic heterocycles. The van der Waals surface area contributed by atoms with Crippen molar-refractivity contribution in [3.8, 4) is 0 Å². The Kier molecular flexibility index (Phi) is 5.51. The molecule has 0 saturated heterocycles. The lowest BCUT2D eigenvalue weighted by Gasteiger charge is -2.12. The van der Waals surface area contributed by atoms with Crippen LogP contribution in [0.3, 0.4) is 0 Å². The second-order valence-corrected chi connectivity index (χ2v) is 7.29. The Morgan fingerprint density at radius 2 is 1.96 bits per heavy atom. The van der Waals surface area contributed by atoms with Crippen LogP contribution in [0.25, 0.3) is 0 Å². The average molecular weight is 376 g/mol. The minimum atomic E-state index is -3.41. The Labute approximate surface area is 144 Å². The predicted molar refractivity (Wildman–Crippen MR) is 94.4 cm³/mol. The van der Waals surface area contributed by atoms with Gasteiger partial charge in [-0.25, -0.2) is 13.4 Å². The molecule has 124 valence electrons. The normalized spacial score (nSPS) is 11.1. The fraction of sp³-hybridized carbons (Fsp3) is 0.231. The van der Waals surface area contributed by atoms with Crippen molar-refractivity contribution in [3.63, 3.8) is 0 Å². The number of anilines is 4. The fourth-order valence-corrected chi connectivity index (χ4v) is 2.58. The van der Waals surface area contributed by atoms with Crippen molar-refractivity contribution in [1.29, 1.82) is 0 Å². The Morgan fingerprint density at radius 3 is 2.57 bits per heavy atom. The Hall–Kier alpha value is -1.77. The minimum Gasteiger partial charge on any atom is -0.371 e. The van der Waals surface area contributed by atoms with Gasteiger partial charge >= 0.3 is 0 Å². The van der Waals surface area contributed by atoms with Crippen LogP contribution in [0.1, 0.15) is 6.92 Å². The molecule has 2 rings (SSSR count). The molecule has 7 nitrogen and oxygen atoms in total. The van der Waals surface area contributed by atoms with Crippen LogP contribution in [0, 0.1) is 0 Å². The molecule has 0 fully saturated rings. The highest BCUT2D eigenvalue weighted by molar-refractivity contribution is 7.92. The quantitative estimate of drug-likeness (QED) is 0.716. The highest BCUT2D eigenvalue weighted by Crippen LogP contribution is 2.27. The Morgan fingerprint density at radius 1 is 1.22 bits per heavy atom. The van der Waals surface area contributed by atoms with Gasteiger partial charge in [0, 0.05) is 12.7 Å². The highest BCUT2D eigenvalue weighted by atomic mass is 35.5. The van der Waals surface area contributed by atoms with Gasteiger partial charge in [0.1, 0.15) is 5.69 Å². The van der Waals surface area contributed by atoms with Gasteiger partial charge in [0.2, 0.25) is 16.0 Å². The summed E-state index contributed by atoms with van der Waals surface area (Å²) in [4.78, 5) is 8.31. The maximum atomic E-state index is 11.6. The van der Waals surface area contributed by atoms with Gasteiger partial charge in [-0.3, -0.25) is 4.72 Å². The van der Waals surface area contributed by atoms with E-state index in [4.69, 9.17) is 23.2 Å². The standard InChI is InChI=1S/C13H15Cl2N5O2S/c1-3-23(21,22)20-11-7-17-13(19-12(11)16-2)18-8-4-5-9(14)10(15)6-8/h4-7,20H,3H2,1-2H3,(H2,16,17,18,19). The molecule has 3 N–H and O–H groups in total. The topological polar surface area (TPSA) is 96.0 Å². The first-order valence-corrected chi connectivity index (χ1v) is 9.03. The minimum absolute atomic E-state index is 0.0422. The smallest absolute Gasteiger partial charge is 0.232 e. The van der Waals surface area contributed by atoms with Crippen LogP contribution in [-0.4, -0.2) is 31.2 Å². The van der Waals surface area contributed by atoms with Crippen molar-refractivity contribution in [2.45, 2.75) is 6.92 Å². The highest BCUT2D eigenvalue weighted by Gasteiger charge is 2.13. The van der Waals surface area contributed by atoms with E-state index in [1.165, 1.54) is 6.20 Å². The van der Waals surface area contributed by atoms with Crippen molar-refractivity contribution in [3.05, 3.63) is 34.4 Å². The summed E-state index contributed by atoms with van der Waals surface area (Å²) in [5.41, 5.74) is 0.928. The molecule has 1 heterocycles. The van der Waals surface area contributed by atoms with Crippen molar-refractivity contribution in [1.82, 2.24) is 9.97 Å². The number of hydrogen-bond donors (Lipinski definition) is 3. The molecule has 0 radical (unpaired) electrons. The van der Waals surface area contributed by atoms with Gasteiger partial charge in [-0.1, -0.05) is 23.2 Å². The van der Waals surface area contributed by atoms with Crippen molar-refractivity contribution >= 4 is 56.4 Å². The van der Waals surface area contributed by atoms with Crippen LogP contribution < -0.4 is 15.4 Å². The molecule has 0 spiro atoms. The predicted octanol–water partition coefficient (Wildman–Crippen LogP) is 3.33. The van der Waals surface area contributed by atoms with Crippen molar-refractivity contribution in [2.24, 2.45) is 0 Å². The largest absolute Gasteiger partial charge is 0.371 e. The van der Waals surface area contributed by atoms with Crippen LogP contribution in [0.4, 0.5) is 23.1 Å². The zero-order chi connectivity index (χ0) is 17.0. The Balaban J connectivity index is 2.26. The number of hydrogen-bond acceptors (Lipinski definition) is 6. The van der Waals surface area contributed by atoms with E-state index in [0.717, 1.165) is 0 Å².